The van der Waals surface area contributed by atoms with Crippen LogP contribution in [-0.2, 0) is 23.9 Å². The van der Waals surface area contributed by atoms with Crippen LogP contribution in [0.4, 0.5) is 0 Å². The van der Waals surface area contributed by atoms with Crippen LogP contribution in [-0.4, -0.2) is 56.0 Å². The molecule has 1 unspecified atom stereocenters. The average molecular weight is 860 g/mol. The molecule has 0 bridgehead atoms. The van der Waals surface area contributed by atoms with Crippen LogP contribution in [0.3, 0.4) is 0 Å². The second-order valence-electron chi connectivity index (χ2n) is 19.9. The summed E-state index contributed by atoms with van der Waals surface area (Å²) >= 11 is 0. The van der Waals surface area contributed by atoms with Gasteiger partial charge in [-0.15, -0.1) is 0 Å². The molecule has 6 heteroatoms. The Morgan fingerprint density at radius 2 is 0.754 bits per heavy atom. The second-order valence-corrected chi connectivity index (χ2v) is 19.9. The number of esters is 2. The standard InChI is InChI=1S/C55H105NO5/c1-6-10-14-24-34-50(35-25-15-11-7-2)43-46-60-54(58)38-30-22-18-20-28-32-49(40-41-53(57)52-42-45-56(5)48-52)33-29-21-19-23-31-39-55(59)61-47-44-51(36-26-16-12-8-3)37-27-17-13-9-4/h49-52H,6-48H2,1-5H3. The first-order valence-corrected chi connectivity index (χ1v) is 27.3. The van der Waals surface area contributed by atoms with Crippen molar-refractivity contribution < 1.29 is 23.9 Å². The van der Waals surface area contributed by atoms with Gasteiger partial charge in [0.2, 0.25) is 0 Å². The maximum Gasteiger partial charge on any atom is 0.305 e. The zero-order valence-corrected chi connectivity index (χ0v) is 41.7. The molecule has 0 spiro atoms. The van der Waals surface area contributed by atoms with E-state index in [1.165, 1.54) is 180 Å². The van der Waals surface area contributed by atoms with Crippen molar-refractivity contribution in [1.82, 2.24) is 4.90 Å². The summed E-state index contributed by atoms with van der Waals surface area (Å²) in [6.45, 7) is 12.3. The zero-order chi connectivity index (χ0) is 44.4. The van der Waals surface area contributed by atoms with Gasteiger partial charge in [0.05, 0.1) is 13.2 Å². The number of hydrogen-bond donors (Lipinski definition) is 0. The molecule has 1 atom stereocenters. The zero-order valence-electron chi connectivity index (χ0n) is 41.7. The van der Waals surface area contributed by atoms with E-state index in [1.54, 1.807) is 0 Å². The van der Waals surface area contributed by atoms with Crippen molar-refractivity contribution in [3.8, 4) is 0 Å². The Hall–Kier alpha value is -1.43. The van der Waals surface area contributed by atoms with Crippen LogP contribution < -0.4 is 0 Å². The van der Waals surface area contributed by atoms with Crippen molar-refractivity contribution in [3.05, 3.63) is 0 Å². The lowest BCUT2D eigenvalue weighted by molar-refractivity contribution is -0.145. The predicted octanol–water partition coefficient (Wildman–Crippen LogP) is 16.3. The van der Waals surface area contributed by atoms with Crippen molar-refractivity contribution >= 4 is 17.7 Å². The Morgan fingerprint density at radius 3 is 1.10 bits per heavy atom. The lowest BCUT2D eigenvalue weighted by Gasteiger charge is -2.18. The molecule has 0 amide bonds. The summed E-state index contributed by atoms with van der Waals surface area (Å²) in [5.74, 6) is 2.75. The fourth-order valence-corrected chi connectivity index (χ4v) is 9.78. The van der Waals surface area contributed by atoms with E-state index in [0.717, 1.165) is 70.9 Å². The molecule has 0 saturated carbocycles. The molecule has 1 saturated heterocycles. The number of rotatable bonds is 46. The number of ether oxygens (including phenoxy) is 2. The lowest BCUT2D eigenvalue weighted by atomic mass is 9.88. The minimum Gasteiger partial charge on any atom is -0.466 e. The molecule has 1 rings (SSSR count). The summed E-state index contributed by atoms with van der Waals surface area (Å²) in [6, 6.07) is 0. The van der Waals surface area contributed by atoms with E-state index in [2.05, 4.69) is 39.6 Å². The van der Waals surface area contributed by atoms with Crippen molar-refractivity contribution in [3.63, 3.8) is 0 Å². The monoisotopic (exact) mass is 860 g/mol. The molecule has 6 nitrogen and oxygen atoms in total. The van der Waals surface area contributed by atoms with Gasteiger partial charge in [0.15, 0.2) is 0 Å². The molecule has 0 radical (unpaired) electrons. The number of carbonyl (C=O) groups is 3. The van der Waals surface area contributed by atoms with Crippen LogP contribution in [0.2, 0.25) is 0 Å². The molecular weight excluding hydrogens is 755 g/mol. The molecule has 360 valence electrons. The summed E-state index contributed by atoms with van der Waals surface area (Å²) < 4.78 is 11.4. The highest BCUT2D eigenvalue weighted by Crippen LogP contribution is 2.27. The highest BCUT2D eigenvalue weighted by molar-refractivity contribution is 5.81. The molecule has 0 N–H and O–H groups in total. The number of likely N-dealkylation sites (tertiary alicyclic amines) is 1. The number of unbranched alkanes of at least 4 members (excludes halogenated alkanes) is 20. The van der Waals surface area contributed by atoms with E-state index in [4.69, 9.17) is 9.47 Å². The fourth-order valence-electron chi connectivity index (χ4n) is 9.78. The van der Waals surface area contributed by atoms with E-state index in [0.29, 0.717) is 49.6 Å². The summed E-state index contributed by atoms with van der Waals surface area (Å²) in [4.78, 5) is 40.4. The fraction of sp³-hybridized carbons (Fsp3) is 0.945. The summed E-state index contributed by atoms with van der Waals surface area (Å²) in [5.41, 5.74) is 0. The van der Waals surface area contributed by atoms with Crippen LogP contribution in [0.15, 0.2) is 0 Å². The highest BCUT2D eigenvalue weighted by atomic mass is 16.5. The maximum atomic E-state index is 13.1. The van der Waals surface area contributed by atoms with Gasteiger partial charge in [-0.05, 0) is 69.9 Å². The van der Waals surface area contributed by atoms with Crippen LogP contribution in [0.25, 0.3) is 0 Å². The minimum absolute atomic E-state index is 0.00543. The summed E-state index contributed by atoms with van der Waals surface area (Å²) in [7, 11) is 2.13. The van der Waals surface area contributed by atoms with Gasteiger partial charge in [-0.25, -0.2) is 0 Å². The van der Waals surface area contributed by atoms with Crippen molar-refractivity contribution in [2.45, 2.75) is 278 Å². The molecule has 0 aromatic carbocycles. The van der Waals surface area contributed by atoms with Gasteiger partial charge in [-0.1, -0.05) is 220 Å². The van der Waals surface area contributed by atoms with E-state index < -0.39 is 0 Å². The predicted molar refractivity (Wildman–Crippen MR) is 261 cm³/mol. The van der Waals surface area contributed by atoms with Gasteiger partial charge in [0, 0.05) is 31.7 Å². The number of hydrogen-bond acceptors (Lipinski definition) is 6. The second kappa shape index (κ2) is 42.5. The van der Waals surface area contributed by atoms with E-state index >= 15 is 0 Å². The number of Topliss-reactive ketones (excluding diaryl/α,β-unsaturated/α-hetero) is 1. The molecule has 61 heavy (non-hydrogen) atoms. The Bertz CT molecular complexity index is 917. The first-order chi connectivity index (χ1) is 29.8. The molecule has 1 aliphatic heterocycles. The topological polar surface area (TPSA) is 72.9 Å². The normalized spacial score (nSPS) is 14.5. The van der Waals surface area contributed by atoms with Gasteiger partial charge in [-0.2, -0.15) is 0 Å². The third kappa shape index (κ3) is 35.6. The maximum absolute atomic E-state index is 13.1. The third-order valence-corrected chi connectivity index (χ3v) is 14.1. The highest BCUT2D eigenvalue weighted by Gasteiger charge is 2.26. The Kier molecular flexibility index (Phi) is 40.1. The van der Waals surface area contributed by atoms with E-state index in [9.17, 15) is 14.4 Å². The first-order valence-electron chi connectivity index (χ1n) is 27.3. The summed E-state index contributed by atoms with van der Waals surface area (Å²) in [6.07, 6.45) is 45.9. The van der Waals surface area contributed by atoms with Crippen LogP contribution in [0.5, 0.6) is 0 Å². The van der Waals surface area contributed by atoms with Crippen molar-refractivity contribution in [2.75, 3.05) is 33.4 Å². The molecule has 1 heterocycles. The number of nitrogens with zero attached hydrogens (tertiary/aromatic N) is 1. The van der Waals surface area contributed by atoms with Gasteiger partial charge in [0.1, 0.15) is 5.78 Å². The number of carbonyl (C=O) groups excluding carboxylic acids is 3. The van der Waals surface area contributed by atoms with Gasteiger partial charge in [0.25, 0.3) is 0 Å². The number of ketones is 1. The van der Waals surface area contributed by atoms with Gasteiger partial charge < -0.3 is 14.4 Å². The van der Waals surface area contributed by atoms with Gasteiger partial charge >= 0.3 is 11.9 Å². The Morgan fingerprint density at radius 1 is 0.426 bits per heavy atom. The molecular formula is C55H105NO5. The molecule has 0 aliphatic carbocycles. The SMILES string of the molecule is CCCCCCC(CCCCCC)CCOC(=O)CCCCCCCC(CCCCCCCC(=O)OCCC(CCCCCC)CCCCCC)CCC(=O)C1CCN(C)C1. The summed E-state index contributed by atoms with van der Waals surface area (Å²) in [5, 5.41) is 0. The Labute approximate surface area is 380 Å². The van der Waals surface area contributed by atoms with Crippen LogP contribution >= 0.6 is 0 Å². The smallest absolute Gasteiger partial charge is 0.305 e. The minimum atomic E-state index is -0.00543. The van der Waals surface area contributed by atoms with Crippen molar-refractivity contribution in [2.24, 2.45) is 23.7 Å². The molecule has 0 aromatic heterocycles. The van der Waals surface area contributed by atoms with Gasteiger partial charge in [-0.3, -0.25) is 14.4 Å². The van der Waals surface area contributed by atoms with Crippen LogP contribution in [0, 0.1) is 23.7 Å². The van der Waals surface area contributed by atoms with E-state index in [1.807, 2.05) is 0 Å². The molecule has 1 fully saturated rings. The average Bonchev–Trinajstić information content (AvgIpc) is 3.70. The molecule has 0 aromatic rings. The molecule has 1 aliphatic rings. The third-order valence-electron chi connectivity index (χ3n) is 14.1. The van der Waals surface area contributed by atoms with E-state index in [-0.39, 0.29) is 17.9 Å². The van der Waals surface area contributed by atoms with Crippen LogP contribution in [0.1, 0.15) is 278 Å². The lowest BCUT2D eigenvalue weighted by Crippen LogP contribution is -2.20. The largest absolute Gasteiger partial charge is 0.466 e. The van der Waals surface area contributed by atoms with Crippen molar-refractivity contribution in [1.29, 1.82) is 0 Å². The Balaban J connectivity index is 2.31. The first kappa shape index (κ1) is 57.6. The quantitative estimate of drug-likeness (QED) is 0.0448.